The zero-order chi connectivity index (χ0) is 16.4. The van der Waals surface area contributed by atoms with E-state index in [-0.39, 0.29) is 23.4 Å². The topological polar surface area (TPSA) is 146 Å². The highest BCUT2D eigenvalue weighted by Crippen LogP contribution is 2.16. The summed E-state index contributed by atoms with van der Waals surface area (Å²) in [5, 5.41) is 7.22. The van der Waals surface area contributed by atoms with Gasteiger partial charge in [0, 0.05) is 12.4 Å². The molecular formula is C13H6N8O3. The van der Waals surface area contributed by atoms with Gasteiger partial charge in [0.15, 0.2) is 0 Å². The highest BCUT2D eigenvalue weighted by Gasteiger charge is 2.23. The average Bonchev–Trinajstić information content (AvgIpc) is 3.33. The van der Waals surface area contributed by atoms with Gasteiger partial charge in [-0.15, -0.1) is 0 Å². The van der Waals surface area contributed by atoms with Crippen molar-refractivity contribution in [2.45, 2.75) is 0 Å². The maximum Gasteiger partial charge on any atom is 0.277 e. The van der Waals surface area contributed by atoms with Crippen molar-refractivity contribution in [1.29, 1.82) is 0 Å². The molecular weight excluding hydrogens is 316 g/mol. The highest BCUT2D eigenvalue weighted by molar-refractivity contribution is 6.03. The molecule has 4 heterocycles. The van der Waals surface area contributed by atoms with Crippen molar-refractivity contribution in [3.05, 3.63) is 48.8 Å². The summed E-state index contributed by atoms with van der Waals surface area (Å²) in [4.78, 5) is 35.7. The number of carbonyl (C=O) groups is 1. The third-order valence-electron chi connectivity index (χ3n) is 2.86. The smallest absolute Gasteiger partial charge is 0.277 e. The Bertz CT molecular complexity index is 903. The van der Waals surface area contributed by atoms with Crippen molar-refractivity contribution in [3.63, 3.8) is 0 Å². The summed E-state index contributed by atoms with van der Waals surface area (Å²) in [7, 11) is 0. The lowest BCUT2D eigenvalue weighted by Crippen LogP contribution is -2.06. The molecule has 24 heavy (non-hydrogen) atoms. The molecule has 0 aliphatic heterocycles. The second-order valence-electron chi connectivity index (χ2n) is 4.36. The first-order valence-electron chi connectivity index (χ1n) is 6.56. The SMILES string of the molecule is O=C(c1noc(-c2ccncn2)n1)c1noc(-c2ccncn2)n1. The molecule has 4 aromatic rings. The van der Waals surface area contributed by atoms with Crippen LogP contribution in [-0.4, -0.2) is 46.0 Å². The van der Waals surface area contributed by atoms with Gasteiger partial charge >= 0.3 is 0 Å². The van der Waals surface area contributed by atoms with E-state index in [1.54, 1.807) is 12.1 Å². The molecule has 4 rings (SSSR count). The summed E-state index contributed by atoms with van der Waals surface area (Å²) < 4.78 is 10.0. The summed E-state index contributed by atoms with van der Waals surface area (Å²) in [5.74, 6) is -0.902. The van der Waals surface area contributed by atoms with E-state index in [1.807, 2.05) is 0 Å². The quantitative estimate of drug-likeness (QED) is 0.486. The first-order chi connectivity index (χ1) is 11.8. The van der Waals surface area contributed by atoms with Crippen LogP contribution in [0.2, 0.25) is 0 Å². The maximum atomic E-state index is 12.3. The summed E-state index contributed by atoms with van der Waals surface area (Å²) in [6.45, 7) is 0. The second kappa shape index (κ2) is 5.72. The normalized spacial score (nSPS) is 10.7. The molecule has 0 N–H and O–H groups in total. The second-order valence-corrected chi connectivity index (χ2v) is 4.36. The Hall–Kier alpha value is -3.89. The molecule has 0 atom stereocenters. The molecule has 0 saturated carbocycles. The van der Waals surface area contributed by atoms with Crippen molar-refractivity contribution in [2.75, 3.05) is 0 Å². The number of hydrogen-bond acceptors (Lipinski definition) is 11. The van der Waals surface area contributed by atoms with E-state index in [1.165, 1.54) is 25.0 Å². The van der Waals surface area contributed by atoms with Gasteiger partial charge in [-0.3, -0.25) is 4.79 Å². The third-order valence-corrected chi connectivity index (χ3v) is 2.86. The van der Waals surface area contributed by atoms with E-state index in [0.29, 0.717) is 11.4 Å². The molecule has 11 heteroatoms. The van der Waals surface area contributed by atoms with Crippen LogP contribution < -0.4 is 0 Å². The molecule has 0 aliphatic rings. The lowest BCUT2D eigenvalue weighted by Gasteiger charge is -1.89. The summed E-state index contributed by atoms with van der Waals surface area (Å²) in [6, 6.07) is 3.15. The molecule has 4 aromatic heterocycles. The zero-order valence-corrected chi connectivity index (χ0v) is 11.8. The Balaban J connectivity index is 1.61. The Kier molecular flexibility index (Phi) is 3.28. The number of ketones is 1. The van der Waals surface area contributed by atoms with Crippen molar-refractivity contribution < 1.29 is 13.8 Å². The minimum atomic E-state index is -0.650. The zero-order valence-electron chi connectivity index (χ0n) is 11.8. The van der Waals surface area contributed by atoms with Crippen molar-refractivity contribution in [2.24, 2.45) is 0 Å². The first kappa shape index (κ1) is 13.8. The van der Waals surface area contributed by atoms with Crippen LogP contribution in [0, 0.1) is 0 Å². The van der Waals surface area contributed by atoms with Gasteiger partial charge in [0.05, 0.1) is 0 Å². The van der Waals surface area contributed by atoms with Crippen LogP contribution in [-0.2, 0) is 0 Å². The van der Waals surface area contributed by atoms with Crippen LogP contribution in [0.25, 0.3) is 23.2 Å². The fourth-order valence-electron chi connectivity index (χ4n) is 1.77. The Morgan fingerprint density at radius 3 is 1.71 bits per heavy atom. The minimum absolute atomic E-state index is 0.0836. The monoisotopic (exact) mass is 322 g/mol. The average molecular weight is 322 g/mol. The van der Waals surface area contributed by atoms with E-state index in [4.69, 9.17) is 9.05 Å². The fraction of sp³-hybridized carbons (Fsp3) is 0. The molecule has 0 unspecified atom stereocenters. The maximum absolute atomic E-state index is 12.3. The lowest BCUT2D eigenvalue weighted by molar-refractivity contribution is 0.101. The Morgan fingerprint density at radius 2 is 1.29 bits per heavy atom. The van der Waals surface area contributed by atoms with Crippen molar-refractivity contribution in [1.82, 2.24) is 40.2 Å². The van der Waals surface area contributed by atoms with Gasteiger partial charge in [-0.1, -0.05) is 10.3 Å². The highest BCUT2D eigenvalue weighted by atomic mass is 16.5. The molecule has 0 aromatic carbocycles. The van der Waals surface area contributed by atoms with Crippen LogP contribution >= 0.6 is 0 Å². The number of nitrogens with zero attached hydrogens (tertiary/aromatic N) is 8. The number of rotatable bonds is 4. The standard InChI is InChI=1S/C13H6N8O3/c22-9(10-18-12(23-20-10)7-1-3-14-5-16-7)11-19-13(24-21-11)8-2-4-15-6-17-8/h1-6H. The van der Waals surface area contributed by atoms with Crippen molar-refractivity contribution in [3.8, 4) is 23.2 Å². The molecule has 0 saturated heterocycles. The Labute approximate surface area is 132 Å². The van der Waals surface area contributed by atoms with Crippen molar-refractivity contribution >= 4 is 5.78 Å². The molecule has 0 radical (unpaired) electrons. The third kappa shape index (κ3) is 2.49. The molecule has 11 nitrogen and oxygen atoms in total. The van der Waals surface area contributed by atoms with Gasteiger partial charge in [0.1, 0.15) is 24.0 Å². The van der Waals surface area contributed by atoms with E-state index in [9.17, 15) is 4.79 Å². The summed E-state index contributed by atoms with van der Waals surface area (Å²) in [6.07, 6.45) is 5.69. The van der Waals surface area contributed by atoms with Crippen LogP contribution in [0.5, 0.6) is 0 Å². The van der Waals surface area contributed by atoms with Gasteiger partial charge in [-0.25, -0.2) is 19.9 Å². The minimum Gasteiger partial charge on any atom is -0.332 e. The van der Waals surface area contributed by atoms with Gasteiger partial charge in [0.2, 0.25) is 11.6 Å². The van der Waals surface area contributed by atoms with Crippen LogP contribution in [0.3, 0.4) is 0 Å². The van der Waals surface area contributed by atoms with Gasteiger partial charge in [-0.05, 0) is 12.1 Å². The van der Waals surface area contributed by atoms with E-state index in [0.717, 1.165) is 0 Å². The predicted octanol–water partition coefficient (Wildman–Crippen LogP) is 0.598. The van der Waals surface area contributed by atoms with Gasteiger partial charge in [0.25, 0.3) is 17.6 Å². The molecule has 0 spiro atoms. The Morgan fingerprint density at radius 1 is 0.792 bits per heavy atom. The molecule has 0 amide bonds. The van der Waals surface area contributed by atoms with E-state index >= 15 is 0 Å². The molecule has 0 aliphatic carbocycles. The number of hydrogen-bond donors (Lipinski definition) is 0. The van der Waals surface area contributed by atoms with E-state index < -0.39 is 5.78 Å². The van der Waals surface area contributed by atoms with Gasteiger partial charge < -0.3 is 9.05 Å². The first-order valence-corrected chi connectivity index (χ1v) is 6.56. The summed E-state index contributed by atoms with van der Waals surface area (Å²) >= 11 is 0. The summed E-state index contributed by atoms with van der Waals surface area (Å²) in [5.41, 5.74) is 0.790. The molecule has 116 valence electrons. The predicted molar refractivity (Wildman–Crippen MR) is 74.1 cm³/mol. The van der Waals surface area contributed by atoms with Crippen LogP contribution in [0.15, 0.2) is 46.2 Å². The van der Waals surface area contributed by atoms with Gasteiger partial charge in [-0.2, -0.15) is 9.97 Å². The number of carbonyl (C=O) groups excluding carboxylic acids is 1. The number of aromatic nitrogens is 8. The largest absolute Gasteiger partial charge is 0.332 e. The molecule has 0 fully saturated rings. The fourth-order valence-corrected chi connectivity index (χ4v) is 1.77. The van der Waals surface area contributed by atoms with E-state index in [2.05, 4.69) is 40.2 Å². The van der Waals surface area contributed by atoms with Crippen LogP contribution in [0.1, 0.15) is 16.4 Å². The lowest BCUT2D eigenvalue weighted by atomic mass is 10.3. The van der Waals surface area contributed by atoms with Crippen LogP contribution in [0.4, 0.5) is 0 Å². The molecule has 0 bridgehead atoms.